The second-order valence-corrected chi connectivity index (χ2v) is 5.02. The Labute approximate surface area is 116 Å². The van der Waals surface area contributed by atoms with Crippen molar-refractivity contribution in [2.75, 3.05) is 0 Å². The number of amides is 2. The van der Waals surface area contributed by atoms with Gasteiger partial charge in [0.1, 0.15) is 12.2 Å². The molecule has 3 N–H and O–H groups in total. The molecule has 20 heavy (non-hydrogen) atoms. The Morgan fingerprint density at radius 3 is 3.05 bits per heavy atom. The van der Waals surface area contributed by atoms with Crippen molar-refractivity contribution in [1.29, 1.82) is 0 Å². The topological polar surface area (TPSA) is 109 Å². The Bertz CT molecular complexity index is 487. The molecule has 0 radical (unpaired) electrons. The highest BCUT2D eigenvalue weighted by Crippen LogP contribution is 2.34. The molecule has 1 aliphatic rings. The van der Waals surface area contributed by atoms with E-state index in [4.69, 9.17) is 5.11 Å². The van der Waals surface area contributed by atoms with Crippen molar-refractivity contribution >= 4 is 12.0 Å². The highest BCUT2D eigenvalue weighted by molar-refractivity contribution is 5.74. The van der Waals surface area contributed by atoms with Gasteiger partial charge in [-0.05, 0) is 18.8 Å². The molecule has 2 amide bonds. The van der Waals surface area contributed by atoms with E-state index in [0.717, 1.165) is 19.3 Å². The van der Waals surface area contributed by atoms with Crippen molar-refractivity contribution in [1.82, 2.24) is 25.6 Å². The first-order valence-corrected chi connectivity index (χ1v) is 6.73. The zero-order valence-corrected chi connectivity index (χ0v) is 11.4. The lowest BCUT2D eigenvalue weighted by Crippen LogP contribution is -2.37. The van der Waals surface area contributed by atoms with Gasteiger partial charge in [-0.25, -0.2) is 9.48 Å². The maximum absolute atomic E-state index is 11.6. The SMILES string of the molecule is CCCC1CC1NC(=O)NCc1cn(CC(=O)O)nn1. The van der Waals surface area contributed by atoms with Crippen LogP contribution in [0.25, 0.3) is 0 Å². The average Bonchev–Trinajstić information content (AvgIpc) is 2.94. The van der Waals surface area contributed by atoms with Crippen molar-refractivity contribution in [2.45, 2.75) is 45.3 Å². The Kier molecular flexibility index (Phi) is 4.54. The third-order valence-corrected chi connectivity index (χ3v) is 3.21. The number of aliphatic carboxylic acids is 1. The van der Waals surface area contributed by atoms with Gasteiger partial charge in [-0.2, -0.15) is 0 Å². The van der Waals surface area contributed by atoms with Crippen LogP contribution in [0.1, 0.15) is 31.9 Å². The molecule has 8 nitrogen and oxygen atoms in total. The van der Waals surface area contributed by atoms with Crippen LogP contribution in [0.4, 0.5) is 4.79 Å². The van der Waals surface area contributed by atoms with Gasteiger partial charge in [0.05, 0.1) is 12.7 Å². The lowest BCUT2D eigenvalue weighted by atomic mass is 10.2. The summed E-state index contributed by atoms with van der Waals surface area (Å²) in [6.07, 6.45) is 4.84. The van der Waals surface area contributed by atoms with Crippen molar-refractivity contribution in [3.05, 3.63) is 11.9 Å². The van der Waals surface area contributed by atoms with E-state index < -0.39 is 5.97 Å². The molecule has 1 fully saturated rings. The van der Waals surface area contributed by atoms with Gasteiger partial charge >= 0.3 is 12.0 Å². The fourth-order valence-electron chi connectivity index (χ4n) is 2.14. The second-order valence-electron chi connectivity index (χ2n) is 5.02. The molecule has 1 heterocycles. The maximum atomic E-state index is 11.6. The highest BCUT2D eigenvalue weighted by Gasteiger charge is 2.37. The summed E-state index contributed by atoms with van der Waals surface area (Å²) in [6, 6.07) is 0.0685. The number of hydrogen-bond acceptors (Lipinski definition) is 4. The summed E-state index contributed by atoms with van der Waals surface area (Å²) in [5.74, 6) is -0.370. The zero-order chi connectivity index (χ0) is 14.5. The number of aromatic nitrogens is 3. The molecule has 2 rings (SSSR count). The first kappa shape index (κ1) is 14.3. The van der Waals surface area contributed by atoms with Crippen molar-refractivity contribution in [2.24, 2.45) is 5.92 Å². The highest BCUT2D eigenvalue weighted by atomic mass is 16.4. The molecule has 0 aliphatic heterocycles. The number of carboxylic acids is 1. The Morgan fingerprint density at radius 2 is 2.35 bits per heavy atom. The molecule has 1 saturated carbocycles. The van der Waals surface area contributed by atoms with Gasteiger partial charge in [0.25, 0.3) is 0 Å². The third kappa shape index (κ3) is 4.22. The minimum absolute atomic E-state index is 0.221. The van der Waals surface area contributed by atoms with E-state index in [2.05, 4.69) is 27.9 Å². The molecule has 0 bridgehead atoms. The molecule has 2 atom stereocenters. The fourth-order valence-corrected chi connectivity index (χ4v) is 2.14. The zero-order valence-electron chi connectivity index (χ0n) is 11.4. The average molecular weight is 281 g/mol. The number of nitrogens with zero attached hydrogens (tertiary/aromatic N) is 3. The molecule has 2 unspecified atom stereocenters. The van der Waals surface area contributed by atoms with Crippen molar-refractivity contribution in [3.8, 4) is 0 Å². The molecule has 0 saturated heterocycles. The lowest BCUT2D eigenvalue weighted by Gasteiger charge is -2.05. The van der Waals surface area contributed by atoms with Gasteiger partial charge in [-0.3, -0.25) is 4.79 Å². The van der Waals surface area contributed by atoms with Crippen molar-refractivity contribution in [3.63, 3.8) is 0 Å². The van der Waals surface area contributed by atoms with Gasteiger partial charge in [-0.1, -0.05) is 18.6 Å². The summed E-state index contributed by atoms with van der Waals surface area (Å²) < 4.78 is 1.22. The smallest absolute Gasteiger partial charge is 0.325 e. The standard InChI is InChI=1S/C12H19N5O3/c1-2-3-8-4-10(8)14-12(20)13-5-9-6-17(16-15-9)7-11(18)19/h6,8,10H,2-5,7H2,1H3,(H,18,19)(H2,13,14,20). The lowest BCUT2D eigenvalue weighted by molar-refractivity contribution is -0.137. The molecule has 1 aromatic rings. The van der Waals surface area contributed by atoms with Crippen LogP contribution >= 0.6 is 0 Å². The Hall–Kier alpha value is -2.12. The minimum atomic E-state index is -0.983. The van der Waals surface area contributed by atoms with Crippen LogP contribution in [0.2, 0.25) is 0 Å². The molecule has 0 spiro atoms. The normalized spacial score (nSPS) is 20.4. The first-order chi connectivity index (χ1) is 9.58. The third-order valence-electron chi connectivity index (χ3n) is 3.21. The Morgan fingerprint density at radius 1 is 1.55 bits per heavy atom. The molecule has 0 aromatic carbocycles. The van der Waals surface area contributed by atoms with Crippen LogP contribution in [0.15, 0.2) is 6.20 Å². The summed E-state index contributed by atoms with van der Waals surface area (Å²) in [5, 5.41) is 21.6. The predicted molar refractivity (Wildman–Crippen MR) is 69.8 cm³/mol. The monoisotopic (exact) mass is 281 g/mol. The minimum Gasteiger partial charge on any atom is -0.480 e. The number of urea groups is 1. The van der Waals surface area contributed by atoms with Gasteiger partial charge < -0.3 is 15.7 Å². The molecule has 1 aliphatic carbocycles. The van der Waals surface area contributed by atoms with Crippen molar-refractivity contribution < 1.29 is 14.7 Å². The van der Waals surface area contributed by atoms with E-state index in [1.54, 1.807) is 0 Å². The van der Waals surface area contributed by atoms with E-state index in [1.165, 1.54) is 10.9 Å². The van der Waals surface area contributed by atoms with Gasteiger partial charge in [-0.15, -0.1) is 5.10 Å². The summed E-state index contributed by atoms with van der Waals surface area (Å²) in [6.45, 7) is 2.13. The van der Waals surface area contributed by atoms with Gasteiger partial charge in [0.15, 0.2) is 0 Å². The van der Waals surface area contributed by atoms with E-state index in [0.29, 0.717) is 11.6 Å². The molecule has 110 valence electrons. The first-order valence-electron chi connectivity index (χ1n) is 6.73. The number of carboxylic acid groups (broad SMARTS) is 1. The van der Waals surface area contributed by atoms with Crippen LogP contribution < -0.4 is 10.6 Å². The predicted octanol–water partition coefficient (Wildman–Crippen LogP) is 0.350. The number of carbonyl (C=O) groups excluding carboxylic acids is 1. The molecule has 1 aromatic heterocycles. The molecule has 8 heteroatoms. The summed E-state index contributed by atoms with van der Waals surface area (Å²) in [4.78, 5) is 22.1. The number of carbonyl (C=O) groups is 2. The Balaban J connectivity index is 1.68. The van der Waals surface area contributed by atoms with Crippen LogP contribution in [0.3, 0.4) is 0 Å². The fraction of sp³-hybridized carbons (Fsp3) is 0.667. The molecular formula is C12H19N5O3. The second kappa shape index (κ2) is 6.36. The largest absolute Gasteiger partial charge is 0.480 e. The van der Waals surface area contributed by atoms with Crippen LogP contribution in [-0.4, -0.2) is 38.1 Å². The summed E-state index contributed by atoms with van der Waals surface area (Å²) in [5.41, 5.74) is 0.530. The van der Waals surface area contributed by atoms with Crippen LogP contribution in [0.5, 0.6) is 0 Å². The van der Waals surface area contributed by atoms with Crippen LogP contribution in [0, 0.1) is 5.92 Å². The quantitative estimate of drug-likeness (QED) is 0.668. The van der Waals surface area contributed by atoms with E-state index in [-0.39, 0.29) is 25.2 Å². The maximum Gasteiger partial charge on any atom is 0.325 e. The van der Waals surface area contributed by atoms with Crippen LogP contribution in [-0.2, 0) is 17.9 Å². The molecular weight excluding hydrogens is 262 g/mol. The number of nitrogens with one attached hydrogen (secondary N) is 2. The van der Waals surface area contributed by atoms with Gasteiger partial charge in [0, 0.05) is 6.04 Å². The van der Waals surface area contributed by atoms with E-state index in [9.17, 15) is 9.59 Å². The number of hydrogen-bond donors (Lipinski definition) is 3. The summed E-state index contributed by atoms with van der Waals surface area (Å²) in [7, 11) is 0. The van der Waals surface area contributed by atoms with Gasteiger partial charge in [0.2, 0.25) is 0 Å². The van der Waals surface area contributed by atoms with E-state index >= 15 is 0 Å². The summed E-state index contributed by atoms with van der Waals surface area (Å²) >= 11 is 0. The van der Waals surface area contributed by atoms with E-state index in [1.807, 2.05) is 0 Å². The number of rotatable bonds is 7.